The zero-order valence-corrected chi connectivity index (χ0v) is 12.7. The van der Waals surface area contributed by atoms with Crippen LogP contribution in [0.5, 0.6) is 0 Å². The SMILES string of the molecule is CC(C)NCc1ccc(CN(C)CC2CC2C)nc1. The molecule has 3 nitrogen and oxygen atoms in total. The van der Waals surface area contributed by atoms with Crippen LogP contribution in [-0.4, -0.2) is 29.5 Å². The maximum Gasteiger partial charge on any atom is 0.0544 e. The van der Waals surface area contributed by atoms with Gasteiger partial charge in [-0.25, -0.2) is 0 Å². The summed E-state index contributed by atoms with van der Waals surface area (Å²) >= 11 is 0. The number of pyridine rings is 1. The molecule has 0 amide bonds. The van der Waals surface area contributed by atoms with Crippen molar-refractivity contribution in [3.8, 4) is 0 Å². The molecule has 1 N–H and O–H groups in total. The Morgan fingerprint density at radius 2 is 2.16 bits per heavy atom. The Labute approximate surface area is 117 Å². The van der Waals surface area contributed by atoms with Crippen LogP contribution in [0.15, 0.2) is 18.3 Å². The minimum atomic E-state index is 0.520. The average Bonchev–Trinajstić information content (AvgIpc) is 3.03. The van der Waals surface area contributed by atoms with Gasteiger partial charge >= 0.3 is 0 Å². The molecule has 1 aliphatic rings. The summed E-state index contributed by atoms with van der Waals surface area (Å²) < 4.78 is 0. The molecule has 106 valence electrons. The molecule has 2 unspecified atom stereocenters. The summed E-state index contributed by atoms with van der Waals surface area (Å²) in [4.78, 5) is 6.95. The molecule has 1 fully saturated rings. The Kier molecular flexibility index (Phi) is 4.94. The fourth-order valence-corrected chi connectivity index (χ4v) is 2.37. The Morgan fingerprint density at radius 1 is 1.42 bits per heavy atom. The topological polar surface area (TPSA) is 28.2 Å². The van der Waals surface area contributed by atoms with E-state index < -0.39 is 0 Å². The smallest absolute Gasteiger partial charge is 0.0544 e. The third kappa shape index (κ3) is 4.92. The van der Waals surface area contributed by atoms with Gasteiger partial charge in [-0.3, -0.25) is 4.98 Å². The molecule has 0 aromatic carbocycles. The Balaban J connectivity index is 1.77. The van der Waals surface area contributed by atoms with Crippen LogP contribution in [0, 0.1) is 11.8 Å². The molecule has 3 heteroatoms. The molecule has 0 aliphatic heterocycles. The van der Waals surface area contributed by atoms with Gasteiger partial charge in [0.2, 0.25) is 0 Å². The van der Waals surface area contributed by atoms with Crippen LogP contribution >= 0.6 is 0 Å². The molecule has 0 saturated heterocycles. The van der Waals surface area contributed by atoms with Crippen LogP contribution < -0.4 is 5.32 Å². The number of rotatable bonds is 7. The van der Waals surface area contributed by atoms with Gasteiger partial charge in [-0.1, -0.05) is 26.8 Å². The third-order valence-electron chi connectivity index (χ3n) is 3.85. The Morgan fingerprint density at radius 3 is 2.68 bits per heavy atom. The first-order valence-electron chi connectivity index (χ1n) is 7.40. The number of nitrogens with zero attached hydrogens (tertiary/aromatic N) is 2. The highest BCUT2D eigenvalue weighted by Crippen LogP contribution is 2.38. The van der Waals surface area contributed by atoms with Gasteiger partial charge in [0.25, 0.3) is 0 Å². The summed E-state index contributed by atoms with van der Waals surface area (Å²) in [5.41, 5.74) is 2.43. The van der Waals surface area contributed by atoms with Gasteiger partial charge in [0, 0.05) is 31.9 Å². The first-order valence-corrected chi connectivity index (χ1v) is 7.40. The van der Waals surface area contributed by atoms with Gasteiger partial charge < -0.3 is 10.2 Å². The van der Waals surface area contributed by atoms with Crippen LogP contribution in [0.2, 0.25) is 0 Å². The Hall–Kier alpha value is -0.930. The number of hydrogen-bond donors (Lipinski definition) is 1. The van der Waals surface area contributed by atoms with Gasteiger partial charge in [0.1, 0.15) is 0 Å². The Bertz CT molecular complexity index is 385. The first kappa shape index (κ1) is 14.5. The zero-order chi connectivity index (χ0) is 13.8. The van der Waals surface area contributed by atoms with Crippen molar-refractivity contribution >= 4 is 0 Å². The van der Waals surface area contributed by atoms with Crippen LogP contribution in [0.25, 0.3) is 0 Å². The largest absolute Gasteiger partial charge is 0.310 e. The van der Waals surface area contributed by atoms with Gasteiger partial charge in [0.15, 0.2) is 0 Å². The van der Waals surface area contributed by atoms with E-state index >= 15 is 0 Å². The van der Waals surface area contributed by atoms with Crippen molar-refractivity contribution in [2.45, 2.75) is 46.3 Å². The van der Waals surface area contributed by atoms with Gasteiger partial charge in [-0.15, -0.1) is 0 Å². The van der Waals surface area contributed by atoms with Crippen molar-refractivity contribution in [1.82, 2.24) is 15.2 Å². The van der Waals surface area contributed by atoms with Crippen molar-refractivity contribution in [2.24, 2.45) is 11.8 Å². The van der Waals surface area contributed by atoms with E-state index in [2.05, 4.69) is 55.2 Å². The molecular formula is C16H27N3. The lowest BCUT2D eigenvalue weighted by Crippen LogP contribution is -2.23. The average molecular weight is 261 g/mol. The highest BCUT2D eigenvalue weighted by atomic mass is 15.1. The lowest BCUT2D eigenvalue weighted by atomic mass is 10.2. The lowest BCUT2D eigenvalue weighted by molar-refractivity contribution is 0.304. The molecule has 1 aromatic rings. The predicted octanol–water partition coefficient (Wildman–Crippen LogP) is 2.67. The second-order valence-corrected chi connectivity index (χ2v) is 6.36. The summed E-state index contributed by atoms with van der Waals surface area (Å²) in [7, 11) is 2.20. The molecule has 2 rings (SSSR count). The molecule has 1 saturated carbocycles. The molecule has 19 heavy (non-hydrogen) atoms. The van der Waals surface area contributed by atoms with E-state index in [0.717, 1.165) is 24.9 Å². The molecule has 1 aromatic heterocycles. The van der Waals surface area contributed by atoms with E-state index in [-0.39, 0.29) is 0 Å². The van der Waals surface area contributed by atoms with E-state index in [1.54, 1.807) is 0 Å². The summed E-state index contributed by atoms with van der Waals surface area (Å²) in [5, 5.41) is 3.41. The minimum Gasteiger partial charge on any atom is -0.310 e. The lowest BCUT2D eigenvalue weighted by Gasteiger charge is -2.16. The van der Waals surface area contributed by atoms with Crippen LogP contribution in [-0.2, 0) is 13.1 Å². The van der Waals surface area contributed by atoms with E-state index in [1.807, 2.05) is 6.20 Å². The fraction of sp³-hybridized carbons (Fsp3) is 0.688. The van der Waals surface area contributed by atoms with Crippen molar-refractivity contribution < 1.29 is 0 Å². The molecule has 0 spiro atoms. The molecule has 0 bridgehead atoms. The normalized spacial score (nSPS) is 22.2. The number of nitrogens with one attached hydrogen (secondary N) is 1. The summed E-state index contributed by atoms with van der Waals surface area (Å²) in [6.07, 6.45) is 3.40. The van der Waals surface area contributed by atoms with E-state index in [0.29, 0.717) is 6.04 Å². The summed E-state index contributed by atoms with van der Waals surface area (Å²) in [6, 6.07) is 4.86. The highest BCUT2D eigenvalue weighted by Gasteiger charge is 2.32. The van der Waals surface area contributed by atoms with E-state index in [9.17, 15) is 0 Å². The van der Waals surface area contributed by atoms with Gasteiger partial charge in [0.05, 0.1) is 5.69 Å². The molecule has 1 heterocycles. The van der Waals surface area contributed by atoms with Gasteiger partial charge in [-0.2, -0.15) is 0 Å². The monoisotopic (exact) mass is 261 g/mol. The predicted molar refractivity (Wildman–Crippen MR) is 79.8 cm³/mol. The van der Waals surface area contributed by atoms with Crippen molar-refractivity contribution in [2.75, 3.05) is 13.6 Å². The molecule has 2 atom stereocenters. The minimum absolute atomic E-state index is 0.520. The van der Waals surface area contributed by atoms with Crippen LogP contribution in [0.4, 0.5) is 0 Å². The van der Waals surface area contributed by atoms with E-state index in [4.69, 9.17) is 0 Å². The highest BCUT2D eigenvalue weighted by molar-refractivity contribution is 5.14. The second kappa shape index (κ2) is 6.49. The van der Waals surface area contributed by atoms with Crippen LogP contribution in [0.3, 0.4) is 0 Å². The van der Waals surface area contributed by atoms with Crippen molar-refractivity contribution in [1.29, 1.82) is 0 Å². The van der Waals surface area contributed by atoms with Crippen LogP contribution in [0.1, 0.15) is 38.4 Å². The van der Waals surface area contributed by atoms with Crippen molar-refractivity contribution in [3.05, 3.63) is 29.6 Å². The summed E-state index contributed by atoms with van der Waals surface area (Å²) in [6.45, 7) is 9.74. The molecule has 1 aliphatic carbocycles. The first-order chi connectivity index (χ1) is 9.04. The fourth-order valence-electron chi connectivity index (χ4n) is 2.37. The van der Waals surface area contributed by atoms with E-state index in [1.165, 1.54) is 24.2 Å². The molecule has 0 radical (unpaired) electrons. The number of hydrogen-bond acceptors (Lipinski definition) is 3. The maximum atomic E-state index is 4.56. The second-order valence-electron chi connectivity index (χ2n) is 6.36. The van der Waals surface area contributed by atoms with Gasteiger partial charge in [-0.05, 0) is 36.9 Å². The number of aromatic nitrogens is 1. The van der Waals surface area contributed by atoms with Crippen molar-refractivity contribution in [3.63, 3.8) is 0 Å². The zero-order valence-electron chi connectivity index (χ0n) is 12.7. The molecular weight excluding hydrogens is 234 g/mol. The maximum absolute atomic E-state index is 4.56. The standard InChI is InChI=1S/C16H27N3/c1-12(2)17-8-14-5-6-16(18-9-14)11-19(4)10-15-7-13(15)3/h5-6,9,12-13,15,17H,7-8,10-11H2,1-4H3. The third-order valence-corrected chi connectivity index (χ3v) is 3.85. The quantitative estimate of drug-likeness (QED) is 0.818. The summed E-state index contributed by atoms with van der Waals surface area (Å²) in [5.74, 6) is 1.85.